The minimum atomic E-state index is -1.05. The fraction of sp³-hybridized carbons (Fsp3) is 0.375. The van der Waals surface area contributed by atoms with Gasteiger partial charge in [0.2, 0.25) is 5.91 Å². The molecule has 1 atom stereocenters. The highest BCUT2D eigenvalue weighted by molar-refractivity contribution is 5.94. The van der Waals surface area contributed by atoms with Crippen molar-refractivity contribution < 1.29 is 19.4 Å². The third-order valence-corrected chi connectivity index (χ3v) is 2.95. The van der Waals surface area contributed by atoms with Crippen LogP contribution >= 0.6 is 0 Å². The van der Waals surface area contributed by atoms with E-state index in [1.54, 1.807) is 46.1 Å². The van der Waals surface area contributed by atoms with Crippen LogP contribution in [0.4, 0.5) is 0 Å². The third kappa shape index (κ3) is 4.95. The van der Waals surface area contributed by atoms with E-state index in [2.05, 4.69) is 5.32 Å². The predicted molar refractivity (Wildman–Crippen MR) is 81.0 cm³/mol. The number of methoxy groups -OCH3 is 1. The molecule has 1 aromatic rings. The Hall–Kier alpha value is -2.30. The van der Waals surface area contributed by atoms with Crippen molar-refractivity contribution in [3.63, 3.8) is 0 Å². The summed E-state index contributed by atoms with van der Waals surface area (Å²) in [7, 11) is 1.55. The lowest BCUT2D eigenvalue weighted by Gasteiger charge is -2.27. The topological polar surface area (TPSA) is 75.6 Å². The lowest BCUT2D eigenvalue weighted by atomic mass is 9.87. The fourth-order valence-electron chi connectivity index (χ4n) is 1.81. The Morgan fingerprint density at radius 2 is 1.90 bits per heavy atom. The largest absolute Gasteiger partial charge is 0.496 e. The van der Waals surface area contributed by atoms with Gasteiger partial charge in [-0.1, -0.05) is 39.0 Å². The molecule has 0 saturated heterocycles. The lowest BCUT2D eigenvalue weighted by molar-refractivity contribution is -0.144. The second-order valence-electron chi connectivity index (χ2n) is 5.72. The third-order valence-electron chi connectivity index (χ3n) is 2.95. The van der Waals surface area contributed by atoms with Gasteiger partial charge in [-0.05, 0) is 17.6 Å². The van der Waals surface area contributed by atoms with E-state index >= 15 is 0 Å². The van der Waals surface area contributed by atoms with Gasteiger partial charge in [0.15, 0.2) is 0 Å². The van der Waals surface area contributed by atoms with Crippen LogP contribution in [0, 0.1) is 5.41 Å². The van der Waals surface area contributed by atoms with E-state index in [-0.39, 0.29) is 0 Å². The zero-order valence-electron chi connectivity index (χ0n) is 12.7. The minimum absolute atomic E-state index is 0.455. The molecule has 0 aromatic heterocycles. The Bertz CT molecular complexity index is 543. The van der Waals surface area contributed by atoms with Crippen molar-refractivity contribution >= 4 is 18.0 Å². The summed E-state index contributed by atoms with van der Waals surface area (Å²) in [5.41, 5.74) is 0.178. The summed E-state index contributed by atoms with van der Waals surface area (Å²) in [6.45, 7) is 5.28. The molecule has 0 bridgehead atoms. The van der Waals surface area contributed by atoms with E-state index in [0.29, 0.717) is 5.75 Å². The maximum Gasteiger partial charge on any atom is 0.326 e. The first kappa shape index (κ1) is 16.8. The van der Waals surface area contributed by atoms with E-state index in [9.17, 15) is 9.59 Å². The summed E-state index contributed by atoms with van der Waals surface area (Å²) in [5.74, 6) is -0.864. The summed E-state index contributed by atoms with van der Waals surface area (Å²) >= 11 is 0. The van der Waals surface area contributed by atoms with E-state index in [1.807, 2.05) is 12.1 Å². The van der Waals surface area contributed by atoms with Crippen molar-refractivity contribution in [2.75, 3.05) is 7.11 Å². The second-order valence-corrected chi connectivity index (χ2v) is 5.72. The molecule has 1 amide bonds. The van der Waals surface area contributed by atoms with Crippen molar-refractivity contribution in [1.29, 1.82) is 0 Å². The molecule has 0 aliphatic rings. The Balaban J connectivity index is 2.81. The average Bonchev–Trinajstić information content (AvgIpc) is 2.41. The average molecular weight is 291 g/mol. The van der Waals surface area contributed by atoms with Gasteiger partial charge in [0.1, 0.15) is 11.8 Å². The van der Waals surface area contributed by atoms with Crippen molar-refractivity contribution in [3.05, 3.63) is 35.9 Å². The van der Waals surface area contributed by atoms with Crippen LogP contribution in [0.3, 0.4) is 0 Å². The van der Waals surface area contributed by atoms with Crippen LogP contribution in [0.1, 0.15) is 26.3 Å². The number of carbonyl (C=O) groups is 2. The maximum atomic E-state index is 11.9. The number of rotatable bonds is 5. The number of carboxylic acid groups (broad SMARTS) is 1. The normalized spacial score (nSPS) is 13.0. The summed E-state index contributed by atoms with van der Waals surface area (Å²) in [4.78, 5) is 23.1. The molecular weight excluding hydrogens is 270 g/mol. The van der Waals surface area contributed by atoms with Gasteiger partial charge < -0.3 is 15.2 Å². The van der Waals surface area contributed by atoms with Gasteiger partial charge in [-0.3, -0.25) is 4.79 Å². The molecular formula is C16H21NO4. The summed E-state index contributed by atoms with van der Waals surface area (Å²) in [6.07, 6.45) is 2.90. The van der Waals surface area contributed by atoms with Gasteiger partial charge in [0, 0.05) is 11.6 Å². The Morgan fingerprint density at radius 1 is 1.29 bits per heavy atom. The second kappa shape index (κ2) is 6.92. The van der Waals surface area contributed by atoms with Gasteiger partial charge in [-0.2, -0.15) is 0 Å². The van der Waals surface area contributed by atoms with Gasteiger partial charge in [0.25, 0.3) is 0 Å². The highest BCUT2D eigenvalue weighted by Crippen LogP contribution is 2.20. The molecule has 0 fully saturated rings. The van der Waals surface area contributed by atoms with Crippen LogP contribution in [-0.2, 0) is 9.59 Å². The molecule has 1 rings (SSSR count). The first-order chi connectivity index (χ1) is 9.75. The SMILES string of the molecule is COc1ccccc1/C=C/C(=O)N[C@@H](C(=O)O)C(C)(C)C. The lowest BCUT2D eigenvalue weighted by Crippen LogP contribution is -2.48. The molecule has 0 unspecified atom stereocenters. The standard InChI is InChI=1S/C16H21NO4/c1-16(2,3)14(15(19)20)17-13(18)10-9-11-7-5-6-8-12(11)21-4/h5-10,14H,1-4H3,(H,17,18)(H,19,20)/b10-9+/t14-/m0/s1. The van der Waals surface area contributed by atoms with Gasteiger partial charge in [-0.25, -0.2) is 4.79 Å². The zero-order valence-corrected chi connectivity index (χ0v) is 12.7. The minimum Gasteiger partial charge on any atom is -0.496 e. The first-order valence-corrected chi connectivity index (χ1v) is 6.60. The highest BCUT2D eigenvalue weighted by Gasteiger charge is 2.31. The molecule has 5 nitrogen and oxygen atoms in total. The van der Waals surface area contributed by atoms with Crippen LogP contribution in [0.2, 0.25) is 0 Å². The summed E-state index contributed by atoms with van der Waals surface area (Å²) in [6, 6.07) is 6.30. The number of amides is 1. The number of carbonyl (C=O) groups excluding carboxylic acids is 1. The fourth-order valence-corrected chi connectivity index (χ4v) is 1.81. The molecule has 0 spiro atoms. The van der Waals surface area contributed by atoms with Crippen molar-refractivity contribution in [2.24, 2.45) is 5.41 Å². The molecule has 1 aromatic carbocycles. The first-order valence-electron chi connectivity index (χ1n) is 6.60. The number of hydrogen-bond acceptors (Lipinski definition) is 3. The van der Waals surface area contributed by atoms with Gasteiger partial charge in [0.05, 0.1) is 7.11 Å². The molecule has 0 saturated carbocycles. The number of aliphatic carboxylic acids is 1. The number of ether oxygens (including phenoxy) is 1. The molecule has 0 radical (unpaired) electrons. The summed E-state index contributed by atoms with van der Waals surface area (Å²) in [5, 5.41) is 11.7. The predicted octanol–water partition coefficient (Wildman–Crippen LogP) is 2.32. The molecule has 0 heterocycles. The molecule has 21 heavy (non-hydrogen) atoms. The van der Waals surface area contributed by atoms with Crippen LogP contribution in [0.5, 0.6) is 5.75 Å². The molecule has 0 aliphatic carbocycles. The van der Waals surface area contributed by atoms with E-state index in [4.69, 9.17) is 9.84 Å². The van der Waals surface area contributed by atoms with E-state index in [0.717, 1.165) is 5.56 Å². The maximum absolute atomic E-state index is 11.9. The van der Waals surface area contributed by atoms with E-state index in [1.165, 1.54) is 6.08 Å². The van der Waals surface area contributed by atoms with Crippen LogP contribution < -0.4 is 10.1 Å². The Labute approximate surface area is 124 Å². The highest BCUT2D eigenvalue weighted by atomic mass is 16.5. The Morgan fingerprint density at radius 3 is 2.43 bits per heavy atom. The smallest absolute Gasteiger partial charge is 0.326 e. The zero-order chi connectivity index (χ0) is 16.0. The number of hydrogen-bond donors (Lipinski definition) is 2. The van der Waals surface area contributed by atoms with Crippen LogP contribution in [0.15, 0.2) is 30.3 Å². The molecule has 114 valence electrons. The number of nitrogens with one attached hydrogen (secondary N) is 1. The number of para-hydroxylation sites is 1. The quantitative estimate of drug-likeness (QED) is 0.816. The van der Waals surface area contributed by atoms with Crippen molar-refractivity contribution in [2.45, 2.75) is 26.8 Å². The van der Waals surface area contributed by atoms with Crippen LogP contribution in [-0.4, -0.2) is 30.1 Å². The molecule has 5 heteroatoms. The van der Waals surface area contributed by atoms with Gasteiger partial charge >= 0.3 is 5.97 Å². The number of benzene rings is 1. The summed E-state index contributed by atoms with van der Waals surface area (Å²) < 4.78 is 5.17. The van der Waals surface area contributed by atoms with Gasteiger partial charge in [-0.15, -0.1) is 0 Å². The van der Waals surface area contributed by atoms with E-state index < -0.39 is 23.3 Å². The van der Waals surface area contributed by atoms with Crippen molar-refractivity contribution in [3.8, 4) is 5.75 Å². The molecule has 0 aliphatic heterocycles. The Kier molecular flexibility index (Phi) is 5.52. The van der Waals surface area contributed by atoms with Crippen molar-refractivity contribution in [1.82, 2.24) is 5.32 Å². The number of carboxylic acids is 1. The molecule has 2 N–H and O–H groups in total. The van der Waals surface area contributed by atoms with Crippen LogP contribution in [0.25, 0.3) is 6.08 Å². The monoisotopic (exact) mass is 291 g/mol.